The second-order valence-electron chi connectivity index (χ2n) is 8.63. The molecule has 0 saturated carbocycles. The molecule has 2 aromatic rings. The van der Waals surface area contributed by atoms with E-state index in [4.69, 9.17) is 9.47 Å². The van der Waals surface area contributed by atoms with Crippen molar-refractivity contribution < 1.29 is 19.1 Å². The number of rotatable bonds is 7. The van der Waals surface area contributed by atoms with Crippen molar-refractivity contribution in [2.75, 3.05) is 50.1 Å². The maximum Gasteiger partial charge on any atom is 0.262 e. The number of benzene rings is 2. The fraction of sp³-hybridized carbons (Fsp3) is 0.417. The van der Waals surface area contributed by atoms with Crippen LogP contribution in [0.15, 0.2) is 48.5 Å². The third kappa shape index (κ3) is 7.38. The molecule has 1 fully saturated rings. The van der Waals surface area contributed by atoms with Gasteiger partial charge in [-0.1, -0.05) is 32.9 Å². The lowest BCUT2D eigenvalue weighted by Crippen LogP contribution is -2.41. The first-order valence-electron chi connectivity index (χ1n) is 10.5. The van der Waals surface area contributed by atoms with E-state index in [-0.39, 0.29) is 23.8 Å². The van der Waals surface area contributed by atoms with E-state index in [1.165, 1.54) is 0 Å². The van der Waals surface area contributed by atoms with Gasteiger partial charge in [0.15, 0.2) is 6.61 Å². The van der Waals surface area contributed by atoms with Crippen LogP contribution in [0.1, 0.15) is 26.3 Å². The van der Waals surface area contributed by atoms with E-state index in [0.29, 0.717) is 36.9 Å². The fourth-order valence-corrected chi connectivity index (χ4v) is 3.20. The minimum Gasteiger partial charge on any atom is -0.484 e. The van der Waals surface area contributed by atoms with Crippen molar-refractivity contribution in [3.8, 4) is 5.75 Å². The van der Waals surface area contributed by atoms with Crippen LogP contribution in [0.3, 0.4) is 0 Å². The molecule has 0 atom stereocenters. The molecule has 7 nitrogen and oxygen atoms in total. The number of hydrogen-bond acceptors (Lipinski definition) is 5. The lowest BCUT2D eigenvalue weighted by atomic mass is 9.87. The van der Waals surface area contributed by atoms with Crippen molar-refractivity contribution >= 4 is 23.2 Å². The van der Waals surface area contributed by atoms with E-state index >= 15 is 0 Å². The number of nitrogens with zero attached hydrogens (tertiary/aromatic N) is 1. The van der Waals surface area contributed by atoms with Gasteiger partial charge >= 0.3 is 0 Å². The van der Waals surface area contributed by atoms with Crippen molar-refractivity contribution in [1.82, 2.24) is 4.90 Å². The summed E-state index contributed by atoms with van der Waals surface area (Å²) in [4.78, 5) is 26.5. The Labute approximate surface area is 183 Å². The Morgan fingerprint density at radius 3 is 2.19 bits per heavy atom. The van der Waals surface area contributed by atoms with Gasteiger partial charge in [0, 0.05) is 24.5 Å². The van der Waals surface area contributed by atoms with Crippen molar-refractivity contribution in [2.24, 2.45) is 0 Å². The predicted octanol–water partition coefficient (Wildman–Crippen LogP) is 3.27. The molecule has 166 valence electrons. The largest absolute Gasteiger partial charge is 0.484 e. The Morgan fingerprint density at radius 2 is 1.58 bits per heavy atom. The zero-order chi connectivity index (χ0) is 22.3. The predicted molar refractivity (Wildman–Crippen MR) is 122 cm³/mol. The molecule has 31 heavy (non-hydrogen) atoms. The van der Waals surface area contributed by atoms with Gasteiger partial charge in [0.2, 0.25) is 5.91 Å². The van der Waals surface area contributed by atoms with Gasteiger partial charge < -0.3 is 20.1 Å². The number of anilines is 2. The van der Waals surface area contributed by atoms with Crippen molar-refractivity contribution in [3.63, 3.8) is 0 Å². The highest BCUT2D eigenvalue weighted by molar-refractivity contribution is 5.94. The Hall–Kier alpha value is -2.90. The fourth-order valence-electron chi connectivity index (χ4n) is 3.20. The van der Waals surface area contributed by atoms with Gasteiger partial charge in [-0.25, -0.2) is 0 Å². The zero-order valence-corrected chi connectivity index (χ0v) is 18.4. The molecule has 7 heteroatoms. The SMILES string of the molecule is CC(C)(C)c1cccc(OCC(=O)Nc2ccc(NC(=O)CN3CCOCC3)cc2)c1. The van der Waals surface area contributed by atoms with Gasteiger partial charge in [0.05, 0.1) is 19.8 Å². The summed E-state index contributed by atoms with van der Waals surface area (Å²) < 4.78 is 10.9. The highest BCUT2D eigenvalue weighted by atomic mass is 16.5. The molecule has 0 radical (unpaired) electrons. The average molecular weight is 426 g/mol. The molecule has 0 aromatic heterocycles. The normalized spacial score (nSPS) is 14.7. The monoisotopic (exact) mass is 425 g/mol. The molecule has 2 amide bonds. The van der Waals surface area contributed by atoms with E-state index < -0.39 is 0 Å². The third-order valence-corrected chi connectivity index (χ3v) is 4.99. The summed E-state index contributed by atoms with van der Waals surface area (Å²) in [6, 6.07) is 14.8. The van der Waals surface area contributed by atoms with Gasteiger partial charge in [-0.15, -0.1) is 0 Å². The van der Waals surface area contributed by atoms with Gasteiger partial charge in [-0.05, 0) is 47.4 Å². The smallest absolute Gasteiger partial charge is 0.262 e. The Bertz CT molecular complexity index is 884. The Morgan fingerprint density at radius 1 is 0.968 bits per heavy atom. The maximum absolute atomic E-state index is 12.2. The van der Waals surface area contributed by atoms with Crippen LogP contribution in [0.5, 0.6) is 5.75 Å². The summed E-state index contributed by atoms with van der Waals surface area (Å²) in [6.45, 7) is 9.51. The first-order chi connectivity index (χ1) is 14.8. The highest BCUT2D eigenvalue weighted by Gasteiger charge is 2.15. The van der Waals surface area contributed by atoms with E-state index in [1.54, 1.807) is 24.3 Å². The standard InChI is InChI=1S/C24H31N3O4/c1-24(2,3)18-5-4-6-21(15-18)31-17-23(29)26-20-9-7-19(8-10-20)25-22(28)16-27-11-13-30-14-12-27/h4-10,15H,11-14,16-17H2,1-3H3,(H,25,28)(H,26,29). The van der Waals surface area contributed by atoms with E-state index in [2.05, 4.69) is 36.3 Å². The van der Waals surface area contributed by atoms with Crippen LogP contribution >= 0.6 is 0 Å². The number of hydrogen-bond donors (Lipinski definition) is 2. The second kappa shape index (κ2) is 10.4. The average Bonchev–Trinajstić information content (AvgIpc) is 2.74. The lowest BCUT2D eigenvalue weighted by Gasteiger charge is -2.25. The van der Waals surface area contributed by atoms with Gasteiger partial charge in [-0.3, -0.25) is 14.5 Å². The summed E-state index contributed by atoms with van der Waals surface area (Å²) in [5.74, 6) is 0.357. The number of amides is 2. The van der Waals surface area contributed by atoms with Gasteiger partial charge in [-0.2, -0.15) is 0 Å². The molecular formula is C24H31N3O4. The van der Waals surface area contributed by atoms with Crippen LogP contribution in [0.25, 0.3) is 0 Å². The highest BCUT2D eigenvalue weighted by Crippen LogP contribution is 2.25. The summed E-state index contributed by atoms with van der Waals surface area (Å²) in [7, 11) is 0. The summed E-state index contributed by atoms with van der Waals surface area (Å²) in [5, 5.41) is 5.68. The molecule has 0 unspecified atom stereocenters. The Kier molecular flexibility index (Phi) is 7.65. The van der Waals surface area contributed by atoms with Crippen molar-refractivity contribution in [2.45, 2.75) is 26.2 Å². The molecule has 0 aliphatic carbocycles. The number of morpholine rings is 1. The van der Waals surface area contributed by atoms with E-state index in [9.17, 15) is 9.59 Å². The van der Waals surface area contributed by atoms with Gasteiger partial charge in [0.1, 0.15) is 5.75 Å². The van der Waals surface area contributed by atoms with Crippen LogP contribution in [0.4, 0.5) is 11.4 Å². The maximum atomic E-state index is 12.2. The van der Waals surface area contributed by atoms with Crippen LogP contribution < -0.4 is 15.4 Å². The molecule has 1 aliphatic rings. The molecule has 1 saturated heterocycles. The van der Waals surface area contributed by atoms with Crippen molar-refractivity contribution in [1.29, 1.82) is 0 Å². The molecule has 2 N–H and O–H groups in total. The minimum atomic E-state index is -0.245. The number of carbonyl (C=O) groups excluding carboxylic acids is 2. The summed E-state index contributed by atoms with van der Waals surface area (Å²) in [6.07, 6.45) is 0. The second-order valence-corrected chi connectivity index (χ2v) is 8.63. The molecular weight excluding hydrogens is 394 g/mol. The molecule has 2 aromatic carbocycles. The third-order valence-electron chi connectivity index (χ3n) is 4.99. The molecule has 1 aliphatic heterocycles. The van der Waals surface area contributed by atoms with Crippen LogP contribution in [0.2, 0.25) is 0 Å². The minimum absolute atomic E-state index is 0.0149. The van der Waals surface area contributed by atoms with E-state index in [0.717, 1.165) is 18.7 Å². The number of carbonyl (C=O) groups is 2. The molecule has 3 rings (SSSR count). The zero-order valence-electron chi connectivity index (χ0n) is 18.4. The lowest BCUT2D eigenvalue weighted by molar-refractivity contribution is -0.119. The summed E-state index contributed by atoms with van der Waals surface area (Å²) in [5.41, 5.74) is 2.49. The first-order valence-corrected chi connectivity index (χ1v) is 10.5. The number of nitrogens with one attached hydrogen (secondary N) is 2. The molecule has 0 spiro atoms. The summed E-state index contributed by atoms with van der Waals surface area (Å²) >= 11 is 0. The number of ether oxygens (including phenoxy) is 2. The molecule has 1 heterocycles. The van der Waals surface area contributed by atoms with Crippen LogP contribution in [0, 0.1) is 0 Å². The van der Waals surface area contributed by atoms with Crippen LogP contribution in [-0.4, -0.2) is 56.2 Å². The topological polar surface area (TPSA) is 79.9 Å². The first kappa shape index (κ1) is 22.8. The quantitative estimate of drug-likeness (QED) is 0.712. The van der Waals surface area contributed by atoms with Crippen LogP contribution in [-0.2, 0) is 19.7 Å². The van der Waals surface area contributed by atoms with E-state index in [1.807, 2.05) is 24.3 Å². The Balaban J connectivity index is 1.45. The van der Waals surface area contributed by atoms with Gasteiger partial charge in [0.25, 0.3) is 5.91 Å². The molecule has 0 bridgehead atoms. The van der Waals surface area contributed by atoms with Crippen molar-refractivity contribution in [3.05, 3.63) is 54.1 Å².